The summed E-state index contributed by atoms with van der Waals surface area (Å²) in [5.41, 5.74) is 1.01. The fourth-order valence-electron chi connectivity index (χ4n) is 1.71. The summed E-state index contributed by atoms with van der Waals surface area (Å²) in [6.07, 6.45) is 7.49. The topological polar surface area (TPSA) is 70.5 Å². The highest BCUT2D eigenvalue weighted by atomic mass is 16.4. The fourth-order valence-corrected chi connectivity index (χ4v) is 1.71. The Labute approximate surface area is 105 Å². The third-order valence-corrected chi connectivity index (χ3v) is 2.90. The van der Waals surface area contributed by atoms with E-state index in [0.717, 1.165) is 18.9 Å². The Balaban J connectivity index is 2.26. The molecular formula is C13H14N2O3. The van der Waals surface area contributed by atoms with Crippen LogP contribution >= 0.6 is 0 Å². The Morgan fingerprint density at radius 3 is 2.83 bits per heavy atom. The van der Waals surface area contributed by atoms with Gasteiger partial charge < -0.3 is 10.0 Å². The van der Waals surface area contributed by atoms with Crippen LogP contribution in [0.4, 0.5) is 0 Å². The van der Waals surface area contributed by atoms with Crippen molar-refractivity contribution in [2.24, 2.45) is 0 Å². The second-order valence-corrected chi connectivity index (χ2v) is 4.28. The Bertz CT molecular complexity index is 507. The Kier molecular flexibility index (Phi) is 3.41. The molecule has 1 N–H and O–H groups in total. The van der Waals surface area contributed by atoms with Crippen LogP contribution in [0.3, 0.4) is 0 Å². The lowest BCUT2D eigenvalue weighted by atomic mass is 10.1. The van der Waals surface area contributed by atoms with Crippen LogP contribution in [-0.2, 0) is 4.79 Å². The molecule has 0 aliphatic heterocycles. The van der Waals surface area contributed by atoms with Crippen LogP contribution < -0.4 is 0 Å². The maximum absolute atomic E-state index is 12.2. The minimum atomic E-state index is -1.05. The quantitative estimate of drug-likeness (QED) is 0.815. The van der Waals surface area contributed by atoms with Gasteiger partial charge in [0.15, 0.2) is 0 Å². The SMILES string of the molecule is CN(C(=O)c1ccncc1C=CC(=O)O)C1CC1. The number of carbonyl (C=O) groups is 2. The number of hydrogen-bond acceptors (Lipinski definition) is 3. The molecule has 18 heavy (non-hydrogen) atoms. The zero-order valence-electron chi connectivity index (χ0n) is 10.0. The molecule has 0 radical (unpaired) electrons. The van der Waals surface area contributed by atoms with E-state index in [1.54, 1.807) is 18.0 Å². The van der Waals surface area contributed by atoms with Gasteiger partial charge in [-0.25, -0.2) is 4.79 Å². The molecule has 1 aliphatic carbocycles. The Morgan fingerprint density at radius 1 is 1.50 bits per heavy atom. The van der Waals surface area contributed by atoms with Gasteiger partial charge in [-0.05, 0) is 25.0 Å². The van der Waals surface area contributed by atoms with Gasteiger partial charge >= 0.3 is 5.97 Å². The van der Waals surface area contributed by atoms with E-state index in [9.17, 15) is 9.59 Å². The minimum absolute atomic E-state index is 0.0926. The van der Waals surface area contributed by atoms with Gasteiger partial charge in [-0.2, -0.15) is 0 Å². The molecule has 5 nitrogen and oxygen atoms in total. The molecule has 1 heterocycles. The molecule has 0 aromatic carbocycles. The summed E-state index contributed by atoms with van der Waals surface area (Å²) in [6, 6.07) is 1.94. The number of nitrogens with zero attached hydrogens (tertiary/aromatic N) is 2. The lowest BCUT2D eigenvalue weighted by Crippen LogP contribution is -2.29. The summed E-state index contributed by atoms with van der Waals surface area (Å²) < 4.78 is 0. The number of aliphatic carboxylic acids is 1. The second-order valence-electron chi connectivity index (χ2n) is 4.28. The van der Waals surface area contributed by atoms with Gasteiger partial charge in [0, 0.05) is 42.7 Å². The van der Waals surface area contributed by atoms with E-state index < -0.39 is 5.97 Å². The first kappa shape index (κ1) is 12.3. The average Bonchev–Trinajstić information content (AvgIpc) is 3.19. The predicted molar refractivity (Wildman–Crippen MR) is 66.0 cm³/mol. The number of carbonyl (C=O) groups excluding carboxylic acids is 1. The molecule has 1 aromatic rings. The van der Waals surface area contributed by atoms with Crippen molar-refractivity contribution in [1.82, 2.24) is 9.88 Å². The lowest BCUT2D eigenvalue weighted by molar-refractivity contribution is -0.131. The van der Waals surface area contributed by atoms with Crippen molar-refractivity contribution >= 4 is 18.0 Å². The highest BCUT2D eigenvalue weighted by Crippen LogP contribution is 2.27. The maximum Gasteiger partial charge on any atom is 0.328 e. The first-order chi connectivity index (χ1) is 8.59. The number of pyridine rings is 1. The second kappa shape index (κ2) is 5.00. The number of carboxylic acids is 1. The number of hydrogen-bond donors (Lipinski definition) is 1. The average molecular weight is 246 g/mol. The monoisotopic (exact) mass is 246 g/mol. The van der Waals surface area contributed by atoms with Gasteiger partial charge in [-0.1, -0.05) is 0 Å². The van der Waals surface area contributed by atoms with Gasteiger partial charge in [0.05, 0.1) is 0 Å². The molecule has 94 valence electrons. The smallest absolute Gasteiger partial charge is 0.328 e. The van der Waals surface area contributed by atoms with Gasteiger partial charge in [0.25, 0.3) is 5.91 Å². The van der Waals surface area contributed by atoms with E-state index >= 15 is 0 Å². The first-order valence-electron chi connectivity index (χ1n) is 5.72. The molecule has 1 aliphatic rings. The normalized spacial score (nSPS) is 14.7. The van der Waals surface area contributed by atoms with Gasteiger partial charge in [0.2, 0.25) is 0 Å². The van der Waals surface area contributed by atoms with Crippen molar-refractivity contribution in [2.75, 3.05) is 7.05 Å². The molecule has 5 heteroatoms. The van der Waals surface area contributed by atoms with Crippen LogP contribution in [0.15, 0.2) is 24.5 Å². The van der Waals surface area contributed by atoms with Crippen molar-refractivity contribution in [3.05, 3.63) is 35.7 Å². The summed E-state index contributed by atoms with van der Waals surface area (Å²) in [7, 11) is 1.77. The van der Waals surface area contributed by atoms with E-state index in [2.05, 4.69) is 4.98 Å². The van der Waals surface area contributed by atoms with Gasteiger partial charge in [-0.15, -0.1) is 0 Å². The Morgan fingerprint density at radius 2 is 2.22 bits per heavy atom. The standard InChI is InChI=1S/C13H14N2O3/c1-15(10-3-4-10)13(18)11-6-7-14-8-9(11)2-5-12(16)17/h2,5-8,10H,3-4H2,1H3,(H,16,17). The van der Waals surface area contributed by atoms with Crippen LogP contribution in [0.25, 0.3) is 6.08 Å². The number of carboxylic acid groups (broad SMARTS) is 1. The van der Waals surface area contributed by atoms with Crippen LogP contribution in [0.2, 0.25) is 0 Å². The van der Waals surface area contributed by atoms with E-state index in [0.29, 0.717) is 17.2 Å². The van der Waals surface area contributed by atoms with Crippen LogP contribution in [-0.4, -0.2) is 40.0 Å². The fraction of sp³-hybridized carbons (Fsp3) is 0.308. The largest absolute Gasteiger partial charge is 0.478 e. The summed E-state index contributed by atoms with van der Waals surface area (Å²) in [6.45, 7) is 0. The van der Waals surface area contributed by atoms with Crippen LogP contribution in [0, 0.1) is 0 Å². The number of amides is 1. The number of aromatic nitrogens is 1. The molecule has 1 aromatic heterocycles. The lowest BCUT2D eigenvalue weighted by Gasteiger charge is -2.17. The highest BCUT2D eigenvalue weighted by Gasteiger charge is 2.30. The summed E-state index contributed by atoms with van der Waals surface area (Å²) >= 11 is 0. The Hall–Kier alpha value is -2.17. The van der Waals surface area contributed by atoms with Crippen LogP contribution in [0.5, 0.6) is 0 Å². The van der Waals surface area contributed by atoms with Crippen molar-refractivity contribution in [3.8, 4) is 0 Å². The molecule has 1 amide bonds. The number of rotatable bonds is 4. The molecule has 0 atom stereocenters. The summed E-state index contributed by atoms with van der Waals surface area (Å²) in [5, 5.41) is 8.61. The molecule has 0 unspecified atom stereocenters. The van der Waals surface area contributed by atoms with E-state index in [4.69, 9.17) is 5.11 Å². The third-order valence-electron chi connectivity index (χ3n) is 2.90. The molecule has 1 saturated carbocycles. The van der Waals surface area contributed by atoms with E-state index in [1.807, 2.05) is 0 Å². The van der Waals surface area contributed by atoms with E-state index in [-0.39, 0.29) is 5.91 Å². The van der Waals surface area contributed by atoms with Crippen molar-refractivity contribution in [1.29, 1.82) is 0 Å². The van der Waals surface area contributed by atoms with Crippen molar-refractivity contribution < 1.29 is 14.7 Å². The van der Waals surface area contributed by atoms with E-state index in [1.165, 1.54) is 18.5 Å². The van der Waals surface area contributed by atoms with Crippen LogP contribution in [0.1, 0.15) is 28.8 Å². The molecule has 0 spiro atoms. The molecule has 0 bridgehead atoms. The third kappa shape index (κ3) is 2.74. The zero-order chi connectivity index (χ0) is 13.1. The molecule has 2 rings (SSSR count). The van der Waals surface area contributed by atoms with Crippen molar-refractivity contribution in [2.45, 2.75) is 18.9 Å². The molecule has 0 saturated heterocycles. The summed E-state index contributed by atoms with van der Waals surface area (Å²) in [5.74, 6) is -1.14. The highest BCUT2D eigenvalue weighted by molar-refractivity contribution is 5.98. The predicted octanol–water partition coefficient (Wildman–Crippen LogP) is 1.41. The maximum atomic E-state index is 12.2. The van der Waals surface area contributed by atoms with Crippen molar-refractivity contribution in [3.63, 3.8) is 0 Å². The van der Waals surface area contributed by atoms with Gasteiger partial charge in [-0.3, -0.25) is 9.78 Å². The first-order valence-corrected chi connectivity index (χ1v) is 5.72. The van der Waals surface area contributed by atoms with Gasteiger partial charge in [0.1, 0.15) is 0 Å². The molecular weight excluding hydrogens is 232 g/mol. The molecule has 1 fully saturated rings. The minimum Gasteiger partial charge on any atom is -0.478 e. The zero-order valence-corrected chi connectivity index (χ0v) is 10.0. The summed E-state index contributed by atoms with van der Waals surface area (Å²) in [4.78, 5) is 28.3.